The molecule has 88 valence electrons. The van der Waals surface area contributed by atoms with Crippen LogP contribution in [0, 0.1) is 0 Å². The summed E-state index contributed by atoms with van der Waals surface area (Å²) < 4.78 is 24.4. The molecule has 6 heteroatoms. The zero-order chi connectivity index (χ0) is 11.9. The highest BCUT2D eigenvalue weighted by Crippen LogP contribution is 2.33. The molecule has 1 aromatic carbocycles. The van der Waals surface area contributed by atoms with Crippen LogP contribution in [-0.2, 0) is 9.84 Å². The molecule has 0 fully saturated rings. The summed E-state index contributed by atoms with van der Waals surface area (Å²) in [6.07, 6.45) is 0. The van der Waals surface area contributed by atoms with Gasteiger partial charge in [-0.1, -0.05) is 11.6 Å². The first-order valence-corrected chi connectivity index (χ1v) is 6.89. The van der Waals surface area contributed by atoms with E-state index in [0.29, 0.717) is 10.7 Å². The summed E-state index contributed by atoms with van der Waals surface area (Å²) in [4.78, 5) is 0.283. The largest absolute Gasteiger partial charge is 0.380 e. The van der Waals surface area contributed by atoms with Crippen molar-refractivity contribution in [2.45, 2.75) is 23.1 Å². The third-order valence-corrected chi connectivity index (χ3v) is 5.42. The fourth-order valence-corrected chi connectivity index (χ4v) is 4.00. The van der Waals surface area contributed by atoms with Crippen LogP contribution in [0.25, 0.3) is 0 Å². The molecule has 0 saturated heterocycles. The third-order valence-electron chi connectivity index (χ3n) is 2.82. The molecule has 1 aliphatic rings. The van der Waals surface area contributed by atoms with Crippen molar-refractivity contribution >= 4 is 27.1 Å². The van der Waals surface area contributed by atoms with Gasteiger partial charge in [-0.15, -0.1) is 0 Å². The number of fused-ring (bicyclic) bond motifs is 1. The maximum Gasteiger partial charge on any atom is 0.186 e. The van der Waals surface area contributed by atoms with Crippen LogP contribution in [0.3, 0.4) is 0 Å². The zero-order valence-electron chi connectivity index (χ0n) is 8.77. The number of nitrogens with one attached hydrogen (secondary N) is 1. The maximum atomic E-state index is 12.2. The Morgan fingerprint density at radius 2 is 2.19 bits per heavy atom. The summed E-state index contributed by atoms with van der Waals surface area (Å²) in [5, 5.41) is 3.05. The second-order valence-electron chi connectivity index (χ2n) is 3.89. The fourth-order valence-electron chi connectivity index (χ4n) is 1.96. The maximum absolute atomic E-state index is 12.2. The van der Waals surface area contributed by atoms with Crippen molar-refractivity contribution in [3.05, 3.63) is 23.2 Å². The number of sulfone groups is 1. The molecule has 0 radical (unpaired) electrons. The van der Waals surface area contributed by atoms with E-state index in [1.165, 1.54) is 6.07 Å². The van der Waals surface area contributed by atoms with Gasteiger partial charge in [-0.2, -0.15) is 0 Å². The number of rotatable bonds is 1. The molecule has 2 unspecified atom stereocenters. The highest BCUT2D eigenvalue weighted by Gasteiger charge is 2.37. The van der Waals surface area contributed by atoms with Gasteiger partial charge >= 0.3 is 0 Å². The number of halogens is 1. The molecule has 3 N–H and O–H groups in total. The lowest BCUT2D eigenvalue weighted by Crippen LogP contribution is -2.46. The van der Waals surface area contributed by atoms with E-state index in [2.05, 4.69) is 5.32 Å². The smallest absolute Gasteiger partial charge is 0.186 e. The van der Waals surface area contributed by atoms with Gasteiger partial charge in [0.2, 0.25) is 0 Å². The predicted octanol–water partition coefficient (Wildman–Crippen LogP) is 1.25. The molecule has 16 heavy (non-hydrogen) atoms. The molecule has 0 aliphatic carbocycles. The minimum Gasteiger partial charge on any atom is -0.380 e. The Morgan fingerprint density at radius 1 is 1.50 bits per heavy atom. The van der Waals surface area contributed by atoms with Crippen LogP contribution < -0.4 is 11.1 Å². The Hall–Kier alpha value is -0.780. The second-order valence-corrected chi connectivity index (χ2v) is 6.46. The standard InChI is InChI=1S/C10H13ClN2O2S/c1-6-10(5-12)16(14,15)9-3-2-7(11)4-8(9)13-6/h2-4,6,10,13H,5,12H2,1H3. The van der Waals surface area contributed by atoms with Gasteiger partial charge in [0.15, 0.2) is 9.84 Å². The number of anilines is 1. The normalized spacial score (nSPS) is 26.9. The lowest BCUT2D eigenvalue weighted by atomic mass is 10.2. The highest BCUT2D eigenvalue weighted by molar-refractivity contribution is 7.92. The molecule has 0 spiro atoms. The van der Waals surface area contributed by atoms with Gasteiger partial charge in [0, 0.05) is 17.6 Å². The van der Waals surface area contributed by atoms with E-state index < -0.39 is 15.1 Å². The molecule has 1 aromatic rings. The van der Waals surface area contributed by atoms with Crippen molar-refractivity contribution < 1.29 is 8.42 Å². The summed E-state index contributed by atoms with van der Waals surface area (Å²) in [5.41, 5.74) is 6.07. The van der Waals surface area contributed by atoms with Crippen LogP contribution in [0.15, 0.2) is 23.1 Å². The molecule has 2 atom stereocenters. The molecular formula is C10H13ClN2O2S. The van der Waals surface area contributed by atoms with Gasteiger partial charge in [-0.3, -0.25) is 0 Å². The summed E-state index contributed by atoms with van der Waals surface area (Å²) >= 11 is 5.83. The van der Waals surface area contributed by atoms with E-state index in [1.54, 1.807) is 19.1 Å². The van der Waals surface area contributed by atoms with Gasteiger partial charge in [0.05, 0.1) is 15.8 Å². The van der Waals surface area contributed by atoms with E-state index in [0.717, 1.165) is 0 Å². The molecule has 0 bridgehead atoms. The monoisotopic (exact) mass is 260 g/mol. The molecule has 4 nitrogen and oxygen atoms in total. The van der Waals surface area contributed by atoms with Gasteiger partial charge in [-0.25, -0.2) is 8.42 Å². The van der Waals surface area contributed by atoms with Gasteiger partial charge in [0.1, 0.15) is 0 Å². The van der Waals surface area contributed by atoms with Gasteiger partial charge in [0.25, 0.3) is 0 Å². The number of benzene rings is 1. The average Bonchev–Trinajstić information content (AvgIpc) is 2.16. The summed E-state index contributed by atoms with van der Waals surface area (Å²) in [7, 11) is -3.35. The minimum absolute atomic E-state index is 0.110. The topological polar surface area (TPSA) is 72.2 Å². The minimum atomic E-state index is -3.35. The molecule has 0 saturated carbocycles. The Morgan fingerprint density at radius 3 is 2.81 bits per heavy atom. The van der Waals surface area contributed by atoms with Crippen LogP contribution in [0.2, 0.25) is 5.02 Å². The van der Waals surface area contributed by atoms with E-state index in [4.69, 9.17) is 17.3 Å². The summed E-state index contributed by atoms with van der Waals surface area (Å²) in [6.45, 7) is 1.91. The summed E-state index contributed by atoms with van der Waals surface area (Å²) in [5.74, 6) is 0. The molecule has 0 amide bonds. The van der Waals surface area contributed by atoms with Crippen LogP contribution in [-0.4, -0.2) is 26.3 Å². The Bertz CT molecular complexity index is 516. The first kappa shape index (κ1) is 11.7. The number of hydrogen-bond acceptors (Lipinski definition) is 4. The van der Waals surface area contributed by atoms with Crippen molar-refractivity contribution in [1.82, 2.24) is 0 Å². The molecular weight excluding hydrogens is 248 g/mol. The van der Waals surface area contributed by atoms with Gasteiger partial charge in [-0.05, 0) is 25.1 Å². The summed E-state index contributed by atoms with van der Waals surface area (Å²) in [6, 6.07) is 4.51. The van der Waals surface area contributed by atoms with Crippen LogP contribution in [0.1, 0.15) is 6.92 Å². The van der Waals surface area contributed by atoms with E-state index in [1.807, 2.05) is 0 Å². The Kier molecular flexibility index (Phi) is 2.86. The molecule has 2 rings (SSSR count). The third kappa shape index (κ3) is 1.69. The SMILES string of the molecule is CC1Nc2cc(Cl)ccc2S(=O)(=O)C1CN. The van der Waals surface area contributed by atoms with Gasteiger partial charge < -0.3 is 11.1 Å². The van der Waals surface area contributed by atoms with E-state index in [9.17, 15) is 8.42 Å². The van der Waals surface area contributed by atoms with Crippen molar-refractivity contribution in [2.24, 2.45) is 5.73 Å². The van der Waals surface area contributed by atoms with E-state index in [-0.39, 0.29) is 17.5 Å². The second kappa shape index (κ2) is 3.91. The molecule has 1 aliphatic heterocycles. The van der Waals surface area contributed by atoms with E-state index >= 15 is 0 Å². The Labute approximate surface area is 99.7 Å². The van der Waals surface area contributed by atoms with Crippen LogP contribution in [0.4, 0.5) is 5.69 Å². The zero-order valence-corrected chi connectivity index (χ0v) is 10.3. The quantitative estimate of drug-likeness (QED) is 0.797. The fraction of sp³-hybridized carbons (Fsp3) is 0.400. The highest BCUT2D eigenvalue weighted by atomic mass is 35.5. The molecule has 1 heterocycles. The first-order chi connectivity index (χ1) is 7.46. The Balaban J connectivity index is 2.62. The van der Waals surface area contributed by atoms with Crippen molar-refractivity contribution in [1.29, 1.82) is 0 Å². The number of nitrogens with two attached hydrogens (primary N) is 1. The first-order valence-electron chi connectivity index (χ1n) is 4.97. The van der Waals surface area contributed by atoms with Crippen LogP contribution in [0.5, 0.6) is 0 Å². The lowest BCUT2D eigenvalue weighted by Gasteiger charge is -2.31. The molecule has 0 aromatic heterocycles. The van der Waals surface area contributed by atoms with Crippen molar-refractivity contribution in [3.63, 3.8) is 0 Å². The van der Waals surface area contributed by atoms with Crippen molar-refractivity contribution in [3.8, 4) is 0 Å². The number of hydrogen-bond donors (Lipinski definition) is 2. The average molecular weight is 261 g/mol. The van der Waals surface area contributed by atoms with Crippen molar-refractivity contribution in [2.75, 3.05) is 11.9 Å². The predicted molar refractivity (Wildman–Crippen MR) is 64.6 cm³/mol. The van der Waals surface area contributed by atoms with Crippen LogP contribution >= 0.6 is 11.6 Å². The lowest BCUT2D eigenvalue weighted by molar-refractivity contribution is 0.560.